The van der Waals surface area contributed by atoms with Crippen molar-refractivity contribution < 1.29 is 14.5 Å². The molecular formula is C15H23N3O4. The van der Waals surface area contributed by atoms with Gasteiger partial charge >= 0.3 is 6.09 Å². The van der Waals surface area contributed by atoms with E-state index in [4.69, 9.17) is 4.74 Å². The Balaban J connectivity index is 2.59. The molecule has 0 heterocycles. The number of nitro benzene ring substituents is 1. The van der Waals surface area contributed by atoms with Crippen molar-refractivity contribution in [2.45, 2.75) is 26.4 Å². The Hall–Kier alpha value is -2.31. The average Bonchev–Trinajstić information content (AvgIpc) is 2.42. The molecule has 0 unspecified atom stereocenters. The molecule has 0 spiro atoms. The molecule has 0 aliphatic carbocycles. The Labute approximate surface area is 130 Å². The topological polar surface area (TPSA) is 75.9 Å². The second kappa shape index (κ2) is 7.11. The highest BCUT2D eigenvalue weighted by atomic mass is 16.6. The Morgan fingerprint density at radius 2 is 1.91 bits per heavy atom. The molecule has 0 N–H and O–H groups in total. The van der Waals surface area contributed by atoms with E-state index >= 15 is 0 Å². The lowest BCUT2D eigenvalue weighted by atomic mass is 10.2. The summed E-state index contributed by atoms with van der Waals surface area (Å²) in [5.74, 6) is 0. The van der Waals surface area contributed by atoms with E-state index in [2.05, 4.69) is 0 Å². The minimum Gasteiger partial charge on any atom is -0.444 e. The summed E-state index contributed by atoms with van der Waals surface area (Å²) >= 11 is 0. The van der Waals surface area contributed by atoms with Crippen LogP contribution in [0, 0.1) is 10.1 Å². The van der Waals surface area contributed by atoms with Crippen molar-refractivity contribution in [2.75, 3.05) is 32.1 Å². The quantitative estimate of drug-likeness (QED) is 0.617. The standard InChI is InChI=1S/C15H23N3O4/c1-15(2,3)22-14(19)17(5)10-9-16(4)12-7-6-8-13(11-12)18(20)21/h6-8,11H,9-10H2,1-5H3. The number of hydrogen-bond acceptors (Lipinski definition) is 5. The second-order valence-corrected chi connectivity index (χ2v) is 6.10. The third-order valence-corrected chi connectivity index (χ3v) is 2.96. The minimum absolute atomic E-state index is 0.0462. The van der Waals surface area contributed by atoms with Gasteiger partial charge in [-0.25, -0.2) is 4.79 Å². The molecule has 1 aromatic rings. The zero-order chi connectivity index (χ0) is 16.9. The monoisotopic (exact) mass is 309 g/mol. The van der Waals surface area contributed by atoms with Gasteiger partial charge in [-0.3, -0.25) is 10.1 Å². The molecule has 1 amide bonds. The first-order valence-corrected chi connectivity index (χ1v) is 7.00. The Morgan fingerprint density at radius 3 is 2.45 bits per heavy atom. The van der Waals surface area contributed by atoms with E-state index in [-0.39, 0.29) is 11.8 Å². The van der Waals surface area contributed by atoms with Crippen LogP contribution in [-0.2, 0) is 4.74 Å². The summed E-state index contributed by atoms with van der Waals surface area (Å²) in [6.45, 7) is 6.43. The number of carbonyl (C=O) groups excluding carboxylic acids is 1. The van der Waals surface area contributed by atoms with E-state index in [1.54, 1.807) is 19.2 Å². The third-order valence-electron chi connectivity index (χ3n) is 2.96. The van der Waals surface area contributed by atoms with Crippen molar-refractivity contribution in [3.63, 3.8) is 0 Å². The van der Waals surface area contributed by atoms with E-state index in [0.717, 1.165) is 5.69 Å². The van der Waals surface area contributed by atoms with Gasteiger partial charge in [-0.2, -0.15) is 0 Å². The average molecular weight is 309 g/mol. The largest absolute Gasteiger partial charge is 0.444 e. The van der Waals surface area contributed by atoms with Crippen LogP contribution in [0.4, 0.5) is 16.2 Å². The van der Waals surface area contributed by atoms with Crippen molar-refractivity contribution in [3.05, 3.63) is 34.4 Å². The number of anilines is 1. The van der Waals surface area contributed by atoms with Gasteiger partial charge in [-0.1, -0.05) is 6.07 Å². The molecule has 0 aliphatic rings. The number of benzene rings is 1. The summed E-state index contributed by atoms with van der Waals surface area (Å²) in [4.78, 5) is 25.5. The molecule has 7 heteroatoms. The summed E-state index contributed by atoms with van der Waals surface area (Å²) in [5.41, 5.74) is 0.244. The van der Waals surface area contributed by atoms with E-state index < -0.39 is 10.5 Å². The molecule has 0 radical (unpaired) electrons. The van der Waals surface area contributed by atoms with Gasteiger partial charge in [0.1, 0.15) is 5.60 Å². The summed E-state index contributed by atoms with van der Waals surface area (Å²) in [6.07, 6.45) is -0.389. The maximum atomic E-state index is 11.8. The van der Waals surface area contributed by atoms with Crippen LogP contribution in [0.1, 0.15) is 20.8 Å². The van der Waals surface area contributed by atoms with Crippen LogP contribution < -0.4 is 4.90 Å². The summed E-state index contributed by atoms with van der Waals surface area (Å²) in [7, 11) is 3.48. The third kappa shape index (κ3) is 5.59. The van der Waals surface area contributed by atoms with E-state index in [0.29, 0.717) is 13.1 Å². The first-order valence-electron chi connectivity index (χ1n) is 7.00. The van der Waals surface area contributed by atoms with Gasteiger partial charge in [0.2, 0.25) is 0 Å². The van der Waals surface area contributed by atoms with Gasteiger partial charge in [0.15, 0.2) is 0 Å². The molecule has 7 nitrogen and oxygen atoms in total. The van der Waals surface area contributed by atoms with Crippen LogP contribution >= 0.6 is 0 Å². The lowest BCUT2D eigenvalue weighted by Crippen LogP contribution is -2.38. The lowest BCUT2D eigenvalue weighted by molar-refractivity contribution is -0.384. The molecule has 0 saturated carbocycles. The van der Waals surface area contributed by atoms with Crippen LogP contribution in [0.25, 0.3) is 0 Å². The number of likely N-dealkylation sites (N-methyl/N-ethyl adjacent to an activating group) is 2. The number of rotatable bonds is 5. The number of hydrogen-bond donors (Lipinski definition) is 0. The molecule has 0 bridgehead atoms. The minimum atomic E-state index is -0.530. The highest BCUT2D eigenvalue weighted by Gasteiger charge is 2.19. The van der Waals surface area contributed by atoms with Crippen molar-refractivity contribution in [1.29, 1.82) is 0 Å². The Bertz CT molecular complexity index is 540. The van der Waals surface area contributed by atoms with Crippen LogP contribution in [-0.4, -0.2) is 48.7 Å². The molecule has 0 aliphatic heterocycles. The molecule has 0 atom stereocenters. The van der Waals surface area contributed by atoms with Crippen molar-refractivity contribution in [1.82, 2.24) is 4.90 Å². The predicted octanol–water partition coefficient (Wildman–Crippen LogP) is 2.90. The lowest BCUT2D eigenvalue weighted by Gasteiger charge is -2.26. The summed E-state index contributed by atoms with van der Waals surface area (Å²) in [6, 6.07) is 6.39. The molecular weight excluding hydrogens is 286 g/mol. The van der Waals surface area contributed by atoms with Crippen LogP contribution in [0.2, 0.25) is 0 Å². The SMILES string of the molecule is CN(CCN(C)c1cccc([N+](=O)[O-])c1)C(=O)OC(C)(C)C. The number of nitrogens with zero attached hydrogens (tertiary/aromatic N) is 3. The summed E-state index contributed by atoms with van der Waals surface area (Å²) < 4.78 is 5.27. The highest BCUT2D eigenvalue weighted by Crippen LogP contribution is 2.19. The maximum Gasteiger partial charge on any atom is 0.410 e. The van der Waals surface area contributed by atoms with Gasteiger partial charge in [0.05, 0.1) is 4.92 Å². The van der Waals surface area contributed by atoms with Crippen LogP contribution in [0.15, 0.2) is 24.3 Å². The Kier molecular flexibility index (Phi) is 5.73. The van der Waals surface area contributed by atoms with Gasteiger partial charge in [0.25, 0.3) is 5.69 Å². The number of non-ortho nitro benzene ring substituents is 1. The molecule has 22 heavy (non-hydrogen) atoms. The molecule has 122 valence electrons. The van der Waals surface area contributed by atoms with Crippen LogP contribution in [0.3, 0.4) is 0 Å². The zero-order valence-electron chi connectivity index (χ0n) is 13.7. The first-order chi connectivity index (χ1) is 10.1. The van der Waals surface area contributed by atoms with Crippen LogP contribution in [0.5, 0.6) is 0 Å². The molecule has 0 saturated heterocycles. The smallest absolute Gasteiger partial charge is 0.410 e. The normalized spacial score (nSPS) is 11.0. The first kappa shape index (κ1) is 17.7. The van der Waals surface area contributed by atoms with E-state index in [9.17, 15) is 14.9 Å². The van der Waals surface area contributed by atoms with E-state index in [1.807, 2.05) is 32.7 Å². The van der Waals surface area contributed by atoms with Crippen molar-refractivity contribution in [3.8, 4) is 0 Å². The zero-order valence-corrected chi connectivity index (χ0v) is 13.7. The van der Waals surface area contributed by atoms with Crippen molar-refractivity contribution in [2.24, 2.45) is 0 Å². The highest BCUT2D eigenvalue weighted by molar-refractivity contribution is 5.67. The fourth-order valence-corrected chi connectivity index (χ4v) is 1.70. The maximum absolute atomic E-state index is 11.8. The molecule has 1 aromatic carbocycles. The van der Waals surface area contributed by atoms with Gasteiger partial charge in [-0.15, -0.1) is 0 Å². The second-order valence-electron chi connectivity index (χ2n) is 6.10. The predicted molar refractivity (Wildman–Crippen MR) is 85.2 cm³/mol. The molecule has 0 aromatic heterocycles. The van der Waals surface area contributed by atoms with Gasteiger partial charge in [-0.05, 0) is 26.8 Å². The van der Waals surface area contributed by atoms with Gasteiger partial charge < -0.3 is 14.5 Å². The number of carbonyl (C=O) groups is 1. The summed E-state index contributed by atoms with van der Waals surface area (Å²) in [5, 5.41) is 10.8. The molecule has 1 rings (SSSR count). The Morgan fingerprint density at radius 1 is 1.27 bits per heavy atom. The molecule has 0 fully saturated rings. The number of amides is 1. The van der Waals surface area contributed by atoms with E-state index in [1.165, 1.54) is 17.0 Å². The number of ether oxygens (including phenoxy) is 1. The fourth-order valence-electron chi connectivity index (χ4n) is 1.70. The number of nitro groups is 1. The van der Waals surface area contributed by atoms with Crippen molar-refractivity contribution >= 4 is 17.5 Å². The van der Waals surface area contributed by atoms with Gasteiger partial charge in [0, 0.05) is 45.0 Å². The fraction of sp³-hybridized carbons (Fsp3) is 0.533.